The highest BCUT2D eigenvalue weighted by molar-refractivity contribution is 7.99. The van der Waals surface area contributed by atoms with E-state index >= 15 is 0 Å². The number of thioether (sulfide) groups is 1. The molecule has 0 fully saturated rings. The van der Waals surface area contributed by atoms with Gasteiger partial charge in [-0.05, 0) is 12.1 Å². The average molecular weight is 247 g/mol. The molecule has 88 valence electrons. The van der Waals surface area contributed by atoms with E-state index in [2.05, 4.69) is 21.7 Å². The van der Waals surface area contributed by atoms with Gasteiger partial charge in [-0.1, -0.05) is 30.8 Å². The lowest BCUT2D eigenvalue weighted by Gasteiger charge is -2.05. The minimum absolute atomic E-state index is 0.574. The second kappa shape index (κ2) is 4.07. The third-order valence-electron chi connectivity index (χ3n) is 2.79. The molecule has 3 rings (SSSR count). The molecular formula is C12H13N3OS. The summed E-state index contributed by atoms with van der Waals surface area (Å²) in [6.07, 6.45) is 0. The fourth-order valence-electron chi connectivity index (χ4n) is 1.99. The van der Waals surface area contributed by atoms with Gasteiger partial charge in [0.25, 0.3) is 0 Å². The van der Waals surface area contributed by atoms with E-state index in [1.807, 2.05) is 24.3 Å². The highest BCUT2D eigenvalue weighted by Crippen LogP contribution is 2.34. The molecule has 1 aromatic carbocycles. The van der Waals surface area contributed by atoms with Gasteiger partial charge in [-0.15, -0.1) is 10.2 Å². The Morgan fingerprint density at radius 2 is 2.29 bits per heavy atom. The first-order chi connectivity index (χ1) is 8.28. The monoisotopic (exact) mass is 247 g/mol. The molecular weight excluding hydrogens is 234 g/mol. The Hall–Kier alpha value is -1.49. The van der Waals surface area contributed by atoms with E-state index in [-0.39, 0.29) is 0 Å². The lowest BCUT2D eigenvalue weighted by atomic mass is 10.2. The van der Waals surface area contributed by atoms with Crippen LogP contribution in [0.1, 0.15) is 6.92 Å². The smallest absolute Gasteiger partial charge is 0.191 e. The molecule has 4 nitrogen and oxygen atoms in total. The Morgan fingerprint density at radius 3 is 3.12 bits per heavy atom. The van der Waals surface area contributed by atoms with Crippen molar-refractivity contribution >= 4 is 11.8 Å². The Bertz CT molecular complexity index is 552. The van der Waals surface area contributed by atoms with Crippen LogP contribution in [0.2, 0.25) is 0 Å². The lowest BCUT2D eigenvalue weighted by molar-refractivity contribution is 0.415. The van der Waals surface area contributed by atoms with Crippen molar-refractivity contribution in [3.05, 3.63) is 24.3 Å². The number of hydrogen-bond donors (Lipinski definition) is 0. The Kier molecular flexibility index (Phi) is 2.55. The number of fused-ring (bicyclic) bond motifs is 1. The molecule has 0 unspecified atom stereocenters. The van der Waals surface area contributed by atoms with E-state index in [0.29, 0.717) is 5.25 Å². The number of ether oxygens (including phenoxy) is 1. The molecule has 17 heavy (non-hydrogen) atoms. The zero-order valence-electron chi connectivity index (χ0n) is 9.75. The number of benzene rings is 1. The SMILES string of the molecule is COc1cccc(-c2nnc3n2C[C@H](C)S3)c1. The molecule has 0 saturated heterocycles. The molecule has 1 aromatic heterocycles. The topological polar surface area (TPSA) is 39.9 Å². The number of nitrogens with zero attached hydrogens (tertiary/aromatic N) is 3. The first-order valence-electron chi connectivity index (χ1n) is 5.52. The molecule has 1 atom stereocenters. The first kappa shape index (κ1) is 10.7. The van der Waals surface area contributed by atoms with Crippen molar-refractivity contribution < 1.29 is 4.74 Å². The maximum atomic E-state index is 5.23. The van der Waals surface area contributed by atoms with Gasteiger partial charge < -0.3 is 9.30 Å². The van der Waals surface area contributed by atoms with Crippen LogP contribution in [0, 0.1) is 0 Å². The molecule has 1 aliphatic rings. The van der Waals surface area contributed by atoms with Crippen molar-refractivity contribution in [3.8, 4) is 17.1 Å². The van der Waals surface area contributed by atoms with Crippen molar-refractivity contribution in [1.29, 1.82) is 0 Å². The second-order valence-corrected chi connectivity index (χ2v) is 5.48. The van der Waals surface area contributed by atoms with Gasteiger partial charge >= 0.3 is 0 Å². The maximum absolute atomic E-state index is 5.23. The van der Waals surface area contributed by atoms with E-state index in [1.165, 1.54) is 0 Å². The highest BCUT2D eigenvalue weighted by atomic mass is 32.2. The van der Waals surface area contributed by atoms with Crippen molar-refractivity contribution in [3.63, 3.8) is 0 Å². The minimum Gasteiger partial charge on any atom is -0.497 e. The van der Waals surface area contributed by atoms with Gasteiger partial charge in [-0.25, -0.2) is 0 Å². The normalized spacial score (nSPS) is 18.1. The molecule has 2 heterocycles. The summed E-state index contributed by atoms with van der Waals surface area (Å²) in [5.74, 6) is 1.77. The number of hydrogen-bond acceptors (Lipinski definition) is 4. The zero-order chi connectivity index (χ0) is 11.8. The molecule has 0 radical (unpaired) electrons. The second-order valence-electron chi connectivity index (χ2n) is 4.08. The van der Waals surface area contributed by atoms with E-state index in [1.54, 1.807) is 18.9 Å². The van der Waals surface area contributed by atoms with Crippen molar-refractivity contribution in [1.82, 2.24) is 14.8 Å². The number of methoxy groups -OCH3 is 1. The summed E-state index contributed by atoms with van der Waals surface area (Å²) < 4.78 is 7.40. The van der Waals surface area contributed by atoms with Crippen LogP contribution in [0.5, 0.6) is 5.75 Å². The van der Waals surface area contributed by atoms with Crippen LogP contribution in [0.15, 0.2) is 29.4 Å². The highest BCUT2D eigenvalue weighted by Gasteiger charge is 2.24. The molecule has 1 aliphatic heterocycles. The molecule has 0 bridgehead atoms. The Morgan fingerprint density at radius 1 is 1.41 bits per heavy atom. The molecule has 0 aliphatic carbocycles. The molecule has 0 amide bonds. The van der Waals surface area contributed by atoms with E-state index in [0.717, 1.165) is 28.8 Å². The third kappa shape index (κ3) is 1.80. The van der Waals surface area contributed by atoms with E-state index in [4.69, 9.17) is 4.74 Å². The summed E-state index contributed by atoms with van der Waals surface area (Å²) in [5, 5.41) is 10.1. The van der Waals surface area contributed by atoms with Gasteiger partial charge in [0, 0.05) is 17.4 Å². The van der Waals surface area contributed by atoms with Crippen molar-refractivity contribution in [2.75, 3.05) is 7.11 Å². The molecule has 0 spiro atoms. The molecule has 5 heteroatoms. The number of aromatic nitrogens is 3. The van der Waals surface area contributed by atoms with Gasteiger partial charge in [0.1, 0.15) is 5.75 Å². The Labute approximate surface area is 104 Å². The summed E-state index contributed by atoms with van der Waals surface area (Å²) in [6, 6.07) is 7.93. The summed E-state index contributed by atoms with van der Waals surface area (Å²) in [6.45, 7) is 3.17. The van der Waals surface area contributed by atoms with Crippen LogP contribution in [-0.4, -0.2) is 27.1 Å². The minimum atomic E-state index is 0.574. The molecule has 0 saturated carbocycles. The summed E-state index contributed by atoms with van der Waals surface area (Å²) >= 11 is 1.77. The zero-order valence-corrected chi connectivity index (χ0v) is 10.6. The summed E-state index contributed by atoms with van der Waals surface area (Å²) in [7, 11) is 1.67. The predicted octanol–water partition coefficient (Wildman–Crippen LogP) is 2.45. The van der Waals surface area contributed by atoms with Crippen LogP contribution in [0.3, 0.4) is 0 Å². The summed E-state index contributed by atoms with van der Waals surface area (Å²) in [4.78, 5) is 0. The van der Waals surface area contributed by atoms with Crippen LogP contribution in [-0.2, 0) is 6.54 Å². The van der Waals surface area contributed by atoms with Gasteiger partial charge in [-0.3, -0.25) is 0 Å². The largest absolute Gasteiger partial charge is 0.497 e. The van der Waals surface area contributed by atoms with Crippen LogP contribution < -0.4 is 4.74 Å². The lowest BCUT2D eigenvalue weighted by Crippen LogP contribution is -2.02. The van der Waals surface area contributed by atoms with Gasteiger partial charge in [0.15, 0.2) is 11.0 Å². The quantitative estimate of drug-likeness (QED) is 0.817. The van der Waals surface area contributed by atoms with Crippen LogP contribution >= 0.6 is 11.8 Å². The van der Waals surface area contributed by atoms with Crippen LogP contribution in [0.4, 0.5) is 0 Å². The van der Waals surface area contributed by atoms with Gasteiger partial charge in [-0.2, -0.15) is 0 Å². The van der Waals surface area contributed by atoms with Crippen molar-refractivity contribution in [2.45, 2.75) is 23.9 Å². The molecule has 0 N–H and O–H groups in total. The predicted molar refractivity (Wildman–Crippen MR) is 67.3 cm³/mol. The van der Waals surface area contributed by atoms with Gasteiger partial charge in [0.2, 0.25) is 0 Å². The maximum Gasteiger partial charge on any atom is 0.191 e. The van der Waals surface area contributed by atoms with Crippen LogP contribution in [0.25, 0.3) is 11.4 Å². The fraction of sp³-hybridized carbons (Fsp3) is 0.333. The molecule has 2 aromatic rings. The standard InChI is InChI=1S/C12H13N3OS/c1-8-7-15-11(13-14-12(15)17-8)9-4-3-5-10(6-9)16-2/h3-6,8H,7H2,1-2H3/t8-/m0/s1. The number of rotatable bonds is 2. The fourth-order valence-corrected chi connectivity index (χ4v) is 2.95. The van der Waals surface area contributed by atoms with E-state index in [9.17, 15) is 0 Å². The Balaban J connectivity index is 2.04. The van der Waals surface area contributed by atoms with Gasteiger partial charge in [0.05, 0.1) is 7.11 Å². The third-order valence-corrected chi connectivity index (χ3v) is 3.86. The van der Waals surface area contributed by atoms with Crippen molar-refractivity contribution in [2.24, 2.45) is 0 Å². The first-order valence-corrected chi connectivity index (χ1v) is 6.40. The average Bonchev–Trinajstić information content (AvgIpc) is 2.87. The van der Waals surface area contributed by atoms with E-state index < -0.39 is 0 Å². The summed E-state index contributed by atoms with van der Waals surface area (Å²) in [5.41, 5.74) is 1.05.